The van der Waals surface area contributed by atoms with Gasteiger partial charge in [0.25, 0.3) is 0 Å². The van der Waals surface area contributed by atoms with Crippen LogP contribution in [0.2, 0.25) is 0 Å². The van der Waals surface area contributed by atoms with Crippen LogP contribution < -0.4 is 14.8 Å². The van der Waals surface area contributed by atoms with Crippen molar-refractivity contribution >= 4 is 11.8 Å². The molecule has 1 aromatic carbocycles. The van der Waals surface area contributed by atoms with E-state index in [4.69, 9.17) is 9.47 Å². The molecule has 1 N–H and O–H groups in total. The summed E-state index contributed by atoms with van der Waals surface area (Å²) in [7, 11) is 3.07. The van der Waals surface area contributed by atoms with Crippen LogP contribution in [0.15, 0.2) is 17.0 Å². The van der Waals surface area contributed by atoms with Gasteiger partial charge in [-0.05, 0) is 24.0 Å². The smallest absolute Gasteiger partial charge is 0.390 e. The molecule has 0 aromatic heterocycles. The standard InChI is InChI=1S/C13H18F3NO2S/c1-18-10-6-9(8-17-5-4-13(14,15)16)12(20-3)7-11(10)19-2/h6-7,17H,4-5,8H2,1-3H3. The Balaban J connectivity index is 2.73. The minimum Gasteiger partial charge on any atom is -0.493 e. The molecule has 0 bridgehead atoms. The van der Waals surface area contributed by atoms with Crippen molar-refractivity contribution < 1.29 is 22.6 Å². The highest BCUT2D eigenvalue weighted by Gasteiger charge is 2.26. The Morgan fingerprint density at radius 2 is 1.75 bits per heavy atom. The molecule has 0 saturated heterocycles. The Labute approximate surface area is 120 Å². The normalized spacial score (nSPS) is 11.5. The van der Waals surface area contributed by atoms with Gasteiger partial charge < -0.3 is 14.8 Å². The molecule has 0 amide bonds. The minimum absolute atomic E-state index is 0.105. The Bertz CT molecular complexity index is 438. The van der Waals surface area contributed by atoms with Crippen molar-refractivity contribution in [1.29, 1.82) is 0 Å². The lowest BCUT2D eigenvalue weighted by Gasteiger charge is -2.14. The first kappa shape index (κ1) is 17.0. The molecule has 0 atom stereocenters. The van der Waals surface area contributed by atoms with Gasteiger partial charge in [0, 0.05) is 18.0 Å². The highest BCUT2D eigenvalue weighted by atomic mass is 32.2. The summed E-state index contributed by atoms with van der Waals surface area (Å²) in [5.41, 5.74) is 0.886. The molecular weight excluding hydrogens is 291 g/mol. The molecule has 1 rings (SSSR count). The van der Waals surface area contributed by atoms with Gasteiger partial charge in [-0.3, -0.25) is 0 Å². The highest BCUT2D eigenvalue weighted by molar-refractivity contribution is 7.98. The van der Waals surface area contributed by atoms with Crippen molar-refractivity contribution in [3.05, 3.63) is 17.7 Å². The first-order valence-corrected chi connectivity index (χ1v) is 7.20. The lowest BCUT2D eigenvalue weighted by molar-refractivity contribution is -0.133. The molecule has 3 nitrogen and oxygen atoms in total. The molecule has 0 aliphatic rings. The predicted octanol–water partition coefficient (Wildman–Crippen LogP) is 3.47. The summed E-state index contributed by atoms with van der Waals surface area (Å²) in [4.78, 5) is 0.946. The van der Waals surface area contributed by atoms with Gasteiger partial charge in [0.2, 0.25) is 0 Å². The van der Waals surface area contributed by atoms with E-state index in [-0.39, 0.29) is 6.54 Å². The van der Waals surface area contributed by atoms with Gasteiger partial charge in [0.15, 0.2) is 11.5 Å². The van der Waals surface area contributed by atoms with E-state index < -0.39 is 12.6 Å². The summed E-state index contributed by atoms with van der Waals surface area (Å²) in [5.74, 6) is 1.17. The molecule has 0 aliphatic heterocycles. The Morgan fingerprint density at radius 1 is 1.15 bits per heavy atom. The summed E-state index contributed by atoms with van der Waals surface area (Å²) in [6.45, 7) is 0.248. The van der Waals surface area contributed by atoms with Crippen LogP contribution in [-0.2, 0) is 6.54 Å². The third kappa shape index (κ3) is 5.13. The summed E-state index contributed by atoms with van der Waals surface area (Å²) in [5, 5.41) is 2.79. The first-order chi connectivity index (χ1) is 9.41. The van der Waals surface area contributed by atoms with Crippen LogP contribution in [-0.4, -0.2) is 33.2 Å². The van der Waals surface area contributed by atoms with Gasteiger partial charge >= 0.3 is 6.18 Å². The van der Waals surface area contributed by atoms with E-state index in [0.717, 1.165) is 10.5 Å². The van der Waals surface area contributed by atoms with Gasteiger partial charge in [-0.25, -0.2) is 0 Å². The maximum atomic E-state index is 12.1. The number of alkyl halides is 3. The zero-order valence-corrected chi connectivity index (χ0v) is 12.5. The van der Waals surface area contributed by atoms with Gasteiger partial charge in [0.05, 0.1) is 20.6 Å². The van der Waals surface area contributed by atoms with E-state index in [1.54, 1.807) is 13.2 Å². The van der Waals surface area contributed by atoms with Crippen LogP contribution in [0.5, 0.6) is 11.5 Å². The quantitative estimate of drug-likeness (QED) is 0.617. The summed E-state index contributed by atoms with van der Waals surface area (Å²) in [6.07, 6.45) is -3.07. The third-order valence-corrected chi connectivity index (χ3v) is 3.51. The van der Waals surface area contributed by atoms with E-state index in [9.17, 15) is 13.2 Å². The predicted molar refractivity (Wildman–Crippen MR) is 73.7 cm³/mol. The molecule has 0 spiro atoms. The number of benzene rings is 1. The number of hydrogen-bond donors (Lipinski definition) is 1. The molecule has 0 unspecified atom stereocenters. The molecule has 114 valence electrons. The number of methoxy groups -OCH3 is 2. The Kier molecular flexibility index (Phi) is 6.48. The number of rotatable bonds is 7. The van der Waals surface area contributed by atoms with Crippen molar-refractivity contribution in [2.24, 2.45) is 0 Å². The average molecular weight is 309 g/mol. The van der Waals surface area contributed by atoms with E-state index in [2.05, 4.69) is 5.32 Å². The summed E-state index contributed by atoms with van der Waals surface area (Å²) < 4.78 is 46.6. The van der Waals surface area contributed by atoms with E-state index >= 15 is 0 Å². The summed E-state index contributed by atoms with van der Waals surface area (Å²) in [6, 6.07) is 3.61. The monoisotopic (exact) mass is 309 g/mol. The maximum absolute atomic E-state index is 12.1. The molecule has 20 heavy (non-hydrogen) atoms. The molecule has 0 aliphatic carbocycles. The molecule has 0 heterocycles. The largest absolute Gasteiger partial charge is 0.493 e. The fraction of sp³-hybridized carbons (Fsp3) is 0.538. The third-order valence-electron chi connectivity index (χ3n) is 2.69. The zero-order valence-electron chi connectivity index (χ0n) is 11.6. The second kappa shape index (κ2) is 7.64. The molecule has 0 fully saturated rings. The van der Waals surface area contributed by atoms with Crippen molar-refractivity contribution in [2.45, 2.75) is 24.0 Å². The number of thioether (sulfide) groups is 1. The van der Waals surface area contributed by atoms with Gasteiger partial charge in [-0.2, -0.15) is 13.2 Å². The van der Waals surface area contributed by atoms with E-state index in [1.165, 1.54) is 18.9 Å². The average Bonchev–Trinajstić information content (AvgIpc) is 2.41. The van der Waals surface area contributed by atoms with Crippen LogP contribution in [0.4, 0.5) is 13.2 Å². The SMILES string of the molecule is COc1cc(CNCCC(F)(F)F)c(SC)cc1OC. The van der Waals surface area contributed by atoms with Gasteiger partial charge in [-0.1, -0.05) is 0 Å². The lowest BCUT2D eigenvalue weighted by atomic mass is 10.2. The lowest BCUT2D eigenvalue weighted by Crippen LogP contribution is -2.21. The highest BCUT2D eigenvalue weighted by Crippen LogP contribution is 2.34. The molecule has 1 aromatic rings. The van der Waals surface area contributed by atoms with Crippen molar-refractivity contribution in [3.63, 3.8) is 0 Å². The fourth-order valence-electron chi connectivity index (χ4n) is 1.68. The van der Waals surface area contributed by atoms with Crippen molar-refractivity contribution in [2.75, 3.05) is 27.0 Å². The van der Waals surface area contributed by atoms with E-state index in [1.807, 2.05) is 12.3 Å². The van der Waals surface area contributed by atoms with Crippen molar-refractivity contribution in [3.8, 4) is 11.5 Å². The maximum Gasteiger partial charge on any atom is 0.390 e. The molecule has 0 saturated carbocycles. The molecule has 7 heteroatoms. The second-order valence-corrected chi connectivity index (χ2v) is 4.91. The van der Waals surface area contributed by atoms with Crippen LogP contribution in [0, 0.1) is 0 Å². The Hall–Kier alpha value is -1.08. The van der Waals surface area contributed by atoms with Crippen LogP contribution >= 0.6 is 11.8 Å². The van der Waals surface area contributed by atoms with Crippen LogP contribution in [0.1, 0.15) is 12.0 Å². The number of nitrogens with one attached hydrogen (secondary N) is 1. The number of ether oxygens (including phenoxy) is 2. The number of hydrogen-bond acceptors (Lipinski definition) is 4. The molecular formula is C13H18F3NO2S. The zero-order chi connectivity index (χ0) is 15.2. The second-order valence-electron chi connectivity index (χ2n) is 4.06. The van der Waals surface area contributed by atoms with Crippen molar-refractivity contribution in [1.82, 2.24) is 5.32 Å². The van der Waals surface area contributed by atoms with Gasteiger partial charge in [-0.15, -0.1) is 11.8 Å². The van der Waals surface area contributed by atoms with Crippen LogP contribution in [0.3, 0.4) is 0 Å². The topological polar surface area (TPSA) is 30.5 Å². The minimum atomic E-state index is -4.13. The fourth-order valence-corrected chi connectivity index (χ4v) is 2.30. The van der Waals surface area contributed by atoms with Gasteiger partial charge in [0.1, 0.15) is 0 Å². The summed E-state index contributed by atoms with van der Waals surface area (Å²) >= 11 is 1.51. The number of halogens is 3. The first-order valence-electron chi connectivity index (χ1n) is 5.97. The Morgan fingerprint density at radius 3 is 2.25 bits per heavy atom. The van der Waals surface area contributed by atoms with Crippen LogP contribution in [0.25, 0.3) is 0 Å². The van der Waals surface area contributed by atoms with E-state index in [0.29, 0.717) is 18.0 Å². The molecule has 0 radical (unpaired) electrons.